The van der Waals surface area contributed by atoms with Gasteiger partial charge in [-0.3, -0.25) is 0 Å². The summed E-state index contributed by atoms with van der Waals surface area (Å²) in [4.78, 5) is 12.7. The smallest absolute Gasteiger partial charge is 0.338 e. The van der Waals surface area contributed by atoms with Crippen molar-refractivity contribution < 1.29 is 9.53 Å². The molecule has 0 saturated heterocycles. The van der Waals surface area contributed by atoms with Gasteiger partial charge in [0.2, 0.25) is 0 Å². The molecule has 2 nitrogen and oxygen atoms in total. The van der Waals surface area contributed by atoms with Crippen molar-refractivity contribution in [2.24, 2.45) is 0 Å². The third kappa shape index (κ3) is 5.40. The van der Waals surface area contributed by atoms with Crippen LogP contribution in [0.4, 0.5) is 0 Å². The van der Waals surface area contributed by atoms with Crippen LogP contribution >= 0.6 is 9.90 Å². The van der Waals surface area contributed by atoms with E-state index in [2.05, 4.69) is 72.8 Å². The second kappa shape index (κ2) is 11.4. The van der Waals surface area contributed by atoms with Crippen LogP contribution in [-0.2, 0) is 11.3 Å². The molecule has 0 aromatic heterocycles. The zero-order valence-electron chi connectivity index (χ0n) is 19.4. The predicted octanol–water partition coefficient (Wildman–Crippen LogP) is 8.10. The zero-order chi connectivity index (χ0) is 23.2. The van der Waals surface area contributed by atoms with Crippen LogP contribution in [0.3, 0.4) is 0 Å². The fourth-order valence-electron chi connectivity index (χ4n) is 4.26. The Hall–Kier alpha value is -4.00. The van der Waals surface area contributed by atoms with Crippen molar-refractivity contribution in [2.75, 3.05) is 0 Å². The quantitative estimate of drug-likeness (QED) is 0.184. The summed E-state index contributed by atoms with van der Waals surface area (Å²) in [6.07, 6.45) is 0. The van der Waals surface area contributed by atoms with E-state index in [-0.39, 0.29) is 22.5 Å². The highest BCUT2D eigenvalue weighted by Gasteiger charge is 2.19. The number of carbonyl (C=O) groups is 1. The standard InChI is InChI=1S/C32H24O2.H3P/c33-32(27-19-11-4-12-20-27)34-23-28-21-22-29(24-13-5-1-6-14-24)31(26-17-9-3-10-18-26)30(28)25-15-7-2-8-16-25;/h1-22H,23H2;1H3. The number of hydrogen-bond donors (Lipinski definition) is 0. The van der Waals surface area contributed by atoms with Gasteiger partial charge in [-0.2, -0.15) is 9.90 Å². The van der Waals surface area contributed by atoms with Crippen molar-refractivity contribution in [3.05, 3.63) is 145 Å². The van der Waals surface area contributed by atoms with Crippen LogP contribution in [0.1, 0.15) is 15.9 Å². The summed E-state index contributed by atoms with van der Waals surface area (Å²) in [5.74, 6) is -0.326. The highest BCUT2D eigenvalue weighted by Crippen LogP contribution is 2.42. The minimum Gasteiger partial charge on any atom is -0.457 e. The number of rotatable bonds is 6. The summed E-state index contributed by atoms with van der Waals surface area (Å²) in [6, 6.07) is 44.5. The van der Waals surface area contributed by atoms with Gasteiger partial charge in [-0.15, -0.1) is 0 Å². The molecule has 0 heterocycles. The minimum atomic E-state index is -0.326. The molecule has 0 radical (unpaired) electrons. The van der Waals surface area contributed by atoms with Gasteiger partial charge in [0.25, 0.3) is 0 Å². The minimum absolute atomic E-state index is 0. The molecule has 172 valence electrons. The Morgan fingerprint density at radius 3 is 1.51 bits per heavy atom. The molecular formula is C32H27O2P. The van der Waals surface area contributed by atoms with Crippen LogP contribution in [0.5, 0.6) is 0 Å². The molecule has 0 amide bonds. The monoisotopic (exact) mass is 474 g/mol. The SMILES string of the molecule is O=C(OCc1ccc(-c2ccccc2)c(-c2ccccc2)c1-c1ccccc1)c1ccccc1.P. The van der Waals surface area contributed by atoms with Crippen LogP contribution < -0.4 is 0 Å². The van der Waals surface area contributed by atoms with Crippen molar-refractivity contribution in [1.82, 2.24) is 0 Å². The van der Waals surface area contributed by atoms with Crippen LogP contribution in [0, 0.1) is 0 Å². The van der Waals surface area contributed by atoms with Gasteiger partial charge in [0.15, 0.2) is 0 Å². The van der Waals surface area contributed by atoms with Gasteiger partial charge in [-0.05, 0) is 51.1 Å². The highest BCUT2D eigenvalue weighted by atomic mass is 31.0. The Labute approximate surface area is 209 Å². The molecule has 0 fully saturated rings. The topological polar surface area (TPSA) is 26.3 Å². The molecule has 0 N–H and O–H groups in total. The molecule has 5 rings (SSSR count). The summed E-state index contributed by atoms with van der Waals surface area (Å²) in [5.41, 5.74) is 8.22. The highest BCUT2D eigenvalue weighted by molar-refractivity contribution is 6.92. The summed E-state index contributed by atoms with van der Waals surface area (Å²) < 4.78 is 5.77. The maximum absolute atomic E-state index is 12.7. The van der Waals surface area contributed by atoms with E-state index in [0.717, 1.165) is 38.9 Å². The van der Waals surface area contributed by atoms with Crippen LogP contribution in [0.25, 0.3) is 33.4 Å². The first-order valence-corrected chi connectivity index (χ1v) is 11.4. The average Bonchev–Trinajstić information content (AvgIpc) is 2.93. The summed E-state index contributed by atoms with van der Waals surface area (Å²) in [6.45, 7) is 0.187. The van der Waals surface area contributed by atoms with Gasteiger partial charge >= 0.3 is 5.97 Å². The summed E-state index contributed by atoms with van der Waals surface area (Å²) >= 11 is 0. The number of esters is 1. The van der Waals surface area contributed by atoms with E-state index in [9.17, 15) is 4.79 Å². The lowest BCUT2D eigenvalue weighted by Gasteiger charge is -2.20. The lowest BCUT2D eigenvalue weighted by molar-refractivity contribution is 0.0473. The van der Waals surface area contributed by atoms with E-state index in [1.165, 1.54) is 0 Å². The fraction of sp³-hybridized carbons (Fsp3) is 0.0312. The Kier molecular flexibility index (Phi) is 7.88. The molecule has 5 aromatic rings. The molecule has 1 atom stereocenters. The fourth-order valence-corrected chi connectivity index (χ4v) is 4.26. The van der Waals surface area contributed by atoms with E-state index >= 15 is 0 Å². The van der Waals surface area contributed by atoms with Gasteiger partial charge in [0.1, 0.15) is 6.61 Å². The second-order valence-corrected chi connectivity index (χ2v) is 8.06. The van der Waals surface area contributed by atoms with Crippen LogP contribution in [-0.4, -0.2) is 5.97 Å². The third-order valence-electron chi connectivity index (χ3n) is 5.87. The Morgan fingerprint density at radius 2 is 0.971 bits per heavy atom. The molecule has 3 heteroatoms. The molecule has 1 unspecified atom stereocenters. The second-order valence-electron chi connectivity index (χ2n) is 8.06. The molecular weight excluding hydrogens is 447 g/mol. The van der Waals surface area contributed by atoms with Crippen LogP contribution in [0.2, 0.25) is 0 Å². The lowest BCUT2D eigenvalue weighted by atomic mass is 9.85. The van der Waals surface area contributed by atoms with Crippen molar-refractivity contribution >= 4 is 15.9 Å². The maximum atomic E-state index is 12.7. The zero-order valence-corrected chi connectivity index (χ0v) is 20.8. The first-order valence-electron chi connectivity index (χ1n) is 11.4. The maximum Gasteiger partial charge on any atom is 0.338 e. The molecule has 35 heavy (non-hydrogen) atoms. The first kappa shape index (κ1) is 24.1. The van der Waals surface area contributed by atoms with Gasteiger partial charge in [-0.25, -0.2) is 4.79 Å². The van der Waals surface area contributed by atoms with Crippen molar-refractivity contribution in [2.45, 2.75) is 6.61 Å². The van der Waals surface area contributed by atoms with E-state index in [1.807, 2.05) is 48.5 Å². The molecule has 0 saturated carbocycles. The number of ether oxygens (including phenoxy) is 1. The number of benzene rings is 5. The Bertz CT molecular complexity index is 1380. The van der Waals surface area contributed by atoms with Gasteiger partial charge in [0.05, 0.1) is 5.56 Å². The largest absolute Gasteiger partial charge is 0.457 e. The summed E-state index contributed by atoms with van der Waals surface area (Å²) in [7, 11) is 0. The van der Waals surface area contributed by atoms with Gasteiger partial charge in [-0.1, -0.05) is 121 Å². The van der Waals surface area contributed by atoms with Crippen LogP contribution in [0.15, 0.2) is 133 Å². The molecule has 0 aliphatic rings. The van der Waals surface area contributed by atoms with E-state index in [4.69, 9.17) is 4.74 Å². The lowest BCUT2D eigenvalue weighted by Crippen LogP contribution is -2.06. The third-order valence-corrected chi connectivity index (χ3v) is 5.87. The molecule has 5 aromatic carbocycles. The van der Waals surface area contributed by atoms with Gasteiger partial charge in [0, 0.05) is 0 Å². The predicted molar refractivity (Wildman–Crippen MR) is 149 cm³/mol. The first-order chi connectivity index (χ1) is 16.8. The molecule has 0 aliphatic carbocycles. The van der Waals surface area contributed by atoms with E-state index in [0.29, 0.717) is 5.56 Å². The van der Waals surface area contributed by atoms with Crippen molar-refractivity contribution in [3.63, 3.8) is 0 Å². The van der Waals surface area contributed by atoms with Gasteiger partial charge < -0.3 is 4.74 Å². The molecule has 0 bridgehead atoms. The molecule has 0 spiro atoms. The van der Waals surface area contributed by atoms with Crippen molar-refractivity contribution in [1.29, 1.82) is 0 Å². The number of hydrogen-bond acceptors (Lipinski definition) is 2. The normalized spacial score (nSPS) is 10.3. The average molecular weight is 475 g/mol. The van der Waals surface area contributed by atoms with E-state index in [1.54, 1.807) is 12.1 Å². The van der Waals surface area contributed by atoms with E-state index < -0.39 is 0 Å². The Balaban J connectivity index is 0.00000289. The summed E-state index contributed by atoms with van der Waals surface area (Å²) in [5, 5.41) is 0. The Morgan fingerprint density at radius 1 is 0.514 bits per heavy atom. The molecule has 0 aliphatic heterocycles. The van der Waals surface area contributed by atoms with Crippen molar-refractivity contribution in [3.8, 4) is 33.4 Å². The number of carbonyl (C=O) groups excluding carboxylic acids is 1.